The third kappa shape index (κ3) is 3.64. The lowest BCUT2D eigenvalue weighted by atomic mass is 10.0. The fraction of sp³-hybridized carbons (Fsp3) is 0.417. The Balaban J connectivity index is 2.90. The number of nitrogens with zero attached hydrogens (tertiary/aromatic N) is 1. The van der Waals surface area contributed by atoms with Crippen molar-refractivity contribution < 1.29 is 14.7 Å². The van der Waals surface area contributed by atoms with Crippen LogP contribution in [0.15, 0.2) is 23.4 Å². The molecule has 0 bridgehead atoms. The van der Waals surface area contributed by atoms with E-state index < -0.39 is 0 Å². The molecule has 0 heterocycles. The molecule has 0 saturated heterocycles. The van der Waals surface area contributed by atoms with E-state index in [-0.39, 0.29) is 6.04 Å². The lowest BCUT2D eigenvalue weighted by Crippen LogP contribution is -2.11. The van der Waals surface area contributed by atoms with Gasteiger partial charge in [0.05, 0.1) is 13.7 Å². The minimum atomic E-state index is -0.226. The third-order valence-corrected chi connectivity index (χ3v) is 2.36. The normalized spacial score (nSPS) is 12.6. The van der Waals surface area contributed by atoms with Crippen LogP contribution in [0.1, 0.15) is 24.9 Å². The van der Waals surface area contributed by atoms with Crippen LogP contribution in [-0.4, -0.2) is 25.1 Å². The molecule has 0 aliphatic heterocycles. The lowest BCUT2D eigenvalue weighted by Gasteiger charge is -2.14. The Morgan fingerprint density at radius 2 is 2.24 bits per heavy atom. The van der Waals surface area contributed by atoms with Gasteiger partial charge in [0.1, 0.15) is 0 Å². The van der Waals surface area contributed by atoms with Crippen molar-refractivity contribution in [1.29, 1.82) is 0 Å². The van der Waals surface area contributed by atoms with Crippen molar-refractivity contribution in [3.63, 3.8) is 0 Å². The number of hydrogen-bond donors (Lipinski definition) is 2. The summed E-state index contributed by atoms with van der Waals surface area (Å²) in [6.07, 6.45) is 1.84. The predicted octanol–water partition coefficient (Wildman–Crippen LogP) is 1.94. The zero-order chi connectivity index (χ0) is 12.7. The summed E-state index contributed by atoms with van der Waals surface area (Å²) in [5.41, 5.74) is 6.85. The van der Waals surface area contributed by atoms with Crippen molar-refractivity contribution in [2.24, 2.45) is 10.9 Å². The highest BCUT2D eigenvalue weighted by Gasteiger charge is 2.10. The minimum Gasteiger partial charge on any atom is -0.493 e. The van der Waals surface area contributed by atoms with Crippen LogP contribution in [0.3, 0.4) is 0 Å². The van der Waals surface area contributed by atoms with Crippen LogP contribution >= 0.6 is 0 Å². The van der Waals surface area contributed by atoms with Gasteiger partial charge < -0.3 is 20.4 Å². The highest BCUT2D eigenvalue weighted by atomic mass is 16.5. The number of oxime groups is 1. The van der Waals surface area contributed by atoms with E-state index >= 15 is 0 Å². The first-order valence-electron chi connectivity index (χ1n) is 5.45. The Kier molecular flexibility index (Phi) is 5.29. The van der Waals surface area contributed by atoms with E-state index in [0.717, 1.165) is 5.56 Å². The van der Waals surface area contributed by atoms with Gasteiger partial charge in [0, 0.05) is 18.7 Å². The molecule has 5 heteroatoms. The largest absolute Gasteiger partial charge is 0.493 e. The number of nitrogens with two attached hydrogens (primary N) is 1. The molecular weight excluding hydrogens is 220 g/mol. The van der Waals surface area contributed by atoms with Crippen LogP contribution in [0.4, 0.5) is 0 Å². The fourth-order valence-corrected chi connectivity index (χ4v) is 1.49. The molecule has 3 N–H and O–H groups in total. The average molecular weight is 238 g/mol. The number of methoxy groups -OCH3 is 1. The van der Waals surface area contributed by atoms with Crippen LogP contribution in [-0.2, 0) is 0 Å². The van der Waals surface area contributed by atoms with E-state index in [1.807, 2.05) is 25.1 Å². The molecule has 1 unspecified atom stereocenters. The summed E-state index contributed by atoms with van der Waals surface area (Å²) in [7, 11) is 1.59. The number of hydrogen-bond acceptors (Lipinski definition) is 5. The number of ether oxygens (including phenoxy) is 2. The summed E-state index contributed by atoms with van der Waals surface area (Å²) in [4.78, 5) is 0. The summed E-state index contributed by atoms with van der Waals surface area (Å²) in [5, 5.41) is 11.3. The molecule has 0 aromatic heterocycles. The Morgan fingerprint density at radius 1 is 1.47 bits per heavy atom. The van der Waals surface area contributed by atoms with E-state index in [2.05, 4.69) is 5.16 Å². The van der Waals surface area contributed by atoms with Gasteiger partial charge in [-0.05, 0) is 24.6 Å². The zero-order valence-corrected chi connectivity index (χ0v) is 10.1. The second-order valence-electron chi connectivity index (χ2n) is 3.48. The van der Waals surface area contributed by atoms with Crippen LogP contribution in [0, 0.1) is 0 Å². The van der Waals surface area contributed by atoms with E-state index in [4.69, 9.17) is 20.4 Å². The molecule has 0 radical (unpaired) electrons. The summed E-state index contributed by atoms with van der Waals surface area (Å²) in [5.74, 6) is 1.35. The van der Waals surface area contributed by atoms with Gasteiger partial charge >= 0.3 is 0 Å². The van der Waals surface area contributed by atoms with Crippen molar-refractivity contribution in [3.8, 4) is 11.5 Å². The van der Waals surface area contributed by atoms with Gasteiger partial charge in [-0.2, -0.15) is 0 Å². The number of rotatable bonds is 6. The highest BCUT2D eigenvalue weighted by Crippen LogP contribution is 2.30. The molecule has 0 aliphatic rings. The maximum Gasteiger partial charge on any atom is 0.161 e. The summed E-state index contributed by atoms with van der Waals surface area (Å²) in [6, 6.07) is 5.31. The van der Waals surface area contributed by atoms with Crippen molar-refractivity contribution in [1.82, 2.24) is 0 Å². The molecule has 0 fully saturated rings. The van der Waals surface area contributed by atoms with Crippen molar-refractivity contribution in [2.45, 2.75) is 19.4 Å². The predicted molar refractivity (Wildman–Crippen MR) is 66.0 cm³/mol. The molecule has 1 atom stereocenters. The number of benzene rings is 1. The van der Waals surface area contributed by atoms with E-state index in [9.17, 15) is 0 Å². The first-order chi connectivity index (χ1) is 8.22. The molecule has 94 valence electrons. The first kappa shape index (κ1) is 13.3. The Hall–Kier alpha value is -1.75. The first-order valence-corrected chi connectivity index (χ1v) is 5.45. The maximum atomic E-state index is 8.35. The molecule has 1 aromatic carbocycles. The van der Waals surface area contributed by atoms with Gasteiger partial charge in [-0.15, -0.1) is 5.16 Å². The third-order valence-electron chi connectivity index (χ3n) is 2.36. The maximum absolute atomic E-state index is 8.35. The molecule has 17 heavy (non-hydrogen) atoms. The summed E-state index contributed by atoms with van der Waals surface area (Å²) in [6.45, 7) is 2.47. The van der Waals surface area contributed by atoms with E-state index in [1.54, 1.807) is 7.11 Å². The summed E-state index contributed by atoms with van der Waals surface area (Å²) >= 11 is 0. The van der Waals surface area contributed by atoms with Crippen molar-refractivity contribution in [2.75, 3.05) is 13.7 Å². The van der Waals surface area contributed by atoms with Crippen LogP contribution in [0.5, 0.6) is 11.5 Å². The van der Waals surface area contributed by atoms with Crippen molar-refractivity contribution >= 4 is 6.21 Å². The minimum absolute atomic E-state index is 0.226. The van der Waals surface area contributed by atoms with Gasteiger partial charge in [-0.3, -0.25) is 0 Å². The monoisotopic (exact) mass is 238 g/mol. The van der Waals surface area contributed by atoms with E-state index in [0.29, 0.717) is 24.5 Å². The molecule has 0 saturated carbocycles. The highest BCUT2D eigenvalue weighted by molar-refractivity contribution is 5.58. The van der Waals surface area contributed by atoms with Crippen molar-refractivity contribution in [3.05, 3.63) is 23.8 Å². The molecule has 0 spiro atoms. The van der Waals surface area contributed by atoms with Gasteiger partial charge in [0.15, 0.2) is 11.5 Å². The van der Waals surface area contributed by atoms with Gasteiger partial charge in [-0.25, -0.2) is 0 Å². The van der Waals surface area contributed by atoms with Gasteiger partial charge in [0.2, 0.25) is 0 Å². The van der Waals surface area contributed by atoms with Gasteiger partial charge in [-0.1, -0.05) is 6.07 Å². The molecule has 0 aliphatic carbocycles. The van der Waals surface area contributed by atoms with E-state index in [1.165, 1.54) is 6.21 Å². The second-order valence-corrected chi connectivity index (χ2v) is 3.48. The zero-order valence-electron chi connectivity index (χ0n) is 10.1. The van der Waals surface area contributed by atoms with Crippen LogP contribution < -0.4 is 15.2 Å². The molecule has 1 rings (SSSR count). The quantitative estimate of drug-likeness (QED) is 0.451. The Morgan fingerprint density at radius 3 is 2.82 bits per heavy atom. The fourth-order valence-electron chi connectivity index (χ4n) is 1.49. The molecule has 0 amide bonds. The lowest BCUT2D eigenvalue weighted by molar-refractivity contribution is 0.310. The average Bonchev–Trinajstić information content (AvgIpc) is 2.36. The second kappa shape index (κ2) is 6.75. The standard InChI is InChI=1S/C12H18N2O3/c1-3-17-12-8-9(4-5-11(12)16-2)10(13)6-7-14-15/h4-5,7-8,10,15H,3,6,13H2,1-2H3. The molecule has 5 nitrogen and oxygen atoms in total. The molecular formula is C12H18N2O3. The smallest absolute Gasteiger partial charge is 0.161 e. The summed E-state index contributed by atoms with van der Waals surface area (Å²) < 4.78 is 10.6. The Labute approximate surface area is 101 Å². The van der Waals surface area contributed by atoms with Crippen LogP contribution in [0.25, 0.3) is 0 Å². The topological polar surface area (TPSA) is 77.1 Å². The molecule has 1 aromatic rings. The van der Waals surface area contributed by atoms with Crippen LogP contribution in [0.2, 0.25) is 0 Å². The Bertz CT molecular complexity index is 380. The SMILES string of the molecule is CCOc1cc(C(N)CC=NO)ccc1OC. The van der Waals surface area contributed by atoms with Gasteiger partial charge in [0.25, 0.3) is 0 Å².